The monoisotopic (exact) mass is 283 g/mol. The largest absolute Gasteiger partial charge is 0.375 e. The molecule has 0 radical (unpaired) electrons. The van der Waals surface area contributed by atoms with Gasteiger partial charge in [0.05, 0.1) is 12.7 Å². The van der Waals surface area contributed by atoms with E-state index in [4.69, 9.17) is 4.74 Å². The zero-order valence-corrected chi connectivity index (χ0v) is 12.4. The third-order valence-corrected chi connectivity index (χ3v) is 4.26. The highest BCUT2D eigenvalue weighted by molar-refractivity contribution is 5.82. The topological polar surface area (TPSA) is 70.7 Å². The van der Waals surface area contributed by atoms with Crippen molar-refractivity contribution < 1.29 is 14.3 Å². The molecule has 2 fully saturated rings. The van der Waals surface area contributed by atoms with Crippen molar-refractivity contribution in [2.45, 2.75) is 38.3 Å². The van der Waals surface area contributed by atoms with E-state index < -0.39 is 0 Å². The maximum absolute atomic E-state index is 12.5. The molecular weight excluding hydrogens is 258 g/mol. The fourth-order valence-electron chi connectivity index (χ4n) is 2.93. The van der Waals surface area contributed by atoms with Crippen molar-refractivity contribution >= 4 is 11.8 Å². The van der Waals surface area contributed by atoms with E-state index >= 15 is 0 Å². The molecule has 0 saturated carbocycles. The first-order valence-electron chi connectivity index (χ1n) is 7.46. The molecular formula is C14H25N3O3. The SMILES string of the molecule is CNC(=O)CC1CCN(C(=O)[C@H]2NCCO[C@@H]2C)CC1. The van der Waals surface area contributed by atoms with Gasteiger partial charge in [-0.3, -0.25) is 9.59 Å². The van der Waals surface area contributed by atoms with Gasteiger partial charge in [-0.25, -0.2) is 0 Å². The number of morpholine rings is 1. The van der Waals surface area contributed by atoms with Crippen molar-refractivity contribution in [1.82, 2.24) is 15.5 Å². The molecule has 0 unspecified atom stereocenters. The van der Waals surface area contributed by atoms with Crippen molar-refractivity contribution in [2.75, 3.05) is 33.3 Å². The minimum absolute atomic E-state index is 0.0696. The number of hydrogen-bond donors (Lipinski definition) is 2. The first-order chi connectivity index (χ1) is 9.61. The lowest BCUT2D eigenvalue weighted by atomic mass is 9.92. The van der Waals surface area contributed by atoms with Gasteiger partial charge in [0.15, 0.2) is 0 Å². The Labute approximate surface area is 120 Å². The lowest BCUT2D eigenvalue weighted by molar-refractivity contribution is -0.140. The Morgan fingerprint density at radius 1 is 1.35 bits per heavy atom. The normalized spacial score (nSPS) is 28.2. The van der Waals surface area contributed by atoms with Crippen LogP contribution in [0.2, 0.25) is 0 Å². The molecule has 114 valence electrons. The van der Waals surface area contributed by atoms with E-state index in [0.29, 0.717) is 18.9 Å². The van der Waals surface area contributed by atoms with Crippen molar-refractivity contribution in [1.29, 1.82) is 0 Å². The van der Waals surface area contributed by atoms with Gasteiger partial charge in [0.25, 0.3) is 0 Å². The summed E-state index contributed by atoms with van der Waals surface area (Å²) in [4.78, 5) is 25.7. The van der Waals surface area contributed by atoms with Gasteiger partial charge < -0.3 is 20.3 Å². The van der Waals surface area contributed by atoms with Crippen molar-refractivity contribution in [3.63, 3.8) is 0 Å². The molecule has 2 aliphatic heterocycles. The smallest absolute Gasteiger partial charge is 0.242 e. The molecule has 0 aromatic rings. The van der Waals surface area contributed by atoms with Crippen molar-refractivity contribution in [3.05, 3.63) is 0 Å². The molecule has 0 aliphatic carbocycles. The molecule has 2 atom stereocenters. The summed E-state index contributed by atoms with van der Waals surface area (Å²) in [6, 6.07) is -0.223. The molecule has 2 N–H and O–H groups in total. The Kier molecular flexibility index (Phi) is 5.37. The summed E-state index contributed by atoms with van der Waals surface area (Å²) >= 11 is 0. The number of carbonyl (C=O) groups is 2. The van der Waals surface area contributed by atoms with Gasteiger partial charge in [-0.15, -0.1) is 0 Å². The quantitative estimate of drug-likeness (QED) is 0.748. The molecule has 2 saturated heterocycles. The number of piperidine rings is 1. The minimum Gasteiger partial charge on any atom is -0.375 e. The number of rotatable bonds is 3. The Morgan fingerprint density at radius 2 is 2.05 bits per heavy atom. The van der Waals surface area contributed by atoms with E-state index in [1.165, 1.54) is 0 Å². The fourth-order valence-corrected chi connectivity index (χ4v) is 2.93. The number of amides is 2. The van der Waals surface area contributed by atoms with Crippen LogP contribution in [0.1, 0.15) is 26.2 Å². The molecule has 6 heteroatoms. The highest BCUT2D eigenvalue weighted by atomic mass is 16.5. The summed E-state index contributed by atoms with van der Waals surface area (Å²) in [6.45, 7) is 4.82. The molecule has 2 aliphatic rings. The lowest BCUT2D eigenvalue weighted by Crippen LogP contribution is -2.57. The lowest BCUT2D eigenvalue weighted by Gasteiger charge is -2.37. The molecule has 2 amide bonds. The zero-order chi connectivity index (χ0) is 14.5. The maximum Gasteiger partial charge on any atom is 0.242 e. The number of nitrogens with zero attached hydrogens (tertiary/aromatic N) is 1. The molecule has 2 rings (SSSR count). The van der Waals surface area contributed by atoms with E-state index in [1.54, 1.807) is 7.05 Å². The van der Waals surface area contributed by atoms with E-state index in [9.17, 15) is 9.59 Å². The average molecular weight is 283 g/mol. The van der Waals surface area contributed by atoms with Gasteiger partial charge in [-0.2, -0.15) is 0 Å². The molecule has 2 heterocycles. The molecule has 6 nitrogen and oxygen atoms in total. The van der Waals surface area contributed by atoms with Crippen LogP contribution in [0.25, 0.3) is 0 Å². The second kappa shape index (κ2) is 7.04. The van der Waals surface area contributed by atoms with Crippen LogP contribution in [-0.4, -0.2) is 62.1 Å². The van der Waals surface area contributed by atoms with Gasteiger partial charge >= 0.3 is 0 Å². The first kappa shape index (κ1) is 15.3. The Balaban J connectivity index is 1.80. The third-order valence-electron chi connectivity index (χ3n) is 4.26. The van der Waals surface area contributed by atoms with Crippen LogP contribution in [0.15, 0.2) is 0 Å². The maximum atomic E-state index is 12.5. The van der Waals surface area contributed by atoms with Crippen molar-refractivity contribution in [3.8, 4) is 0 Å². The minimum atomic E-state index is -0.223. The summed E-state index contributed by atoms with van der Waals surface area (Å²) in [6.07, 6.45) is 2.31. The third kappa shape index (κ3) is 3.70. The highest BCUT2D eigenvalue weighted by Gasteiger charge is 2.33. The molecule has 0 aromatic carbocycles. The van der Waals surface area contributed by atoms with Crippen LogP contribution >= 0.6 is 0 Å². The van der Waals surface area contributed by atoms with Gasteiger partial charge in [0, 0.05) is 33.1 Å². The first-order valence-corrected chi connectivity index (χ1v) is 7.46. The van der Waals surface area contributed by atoms with Gasteiger partial charge in [0.2, 0.25) is 11.8 Å². The van der Waals surface area contributed by atoms with Crippen LogP contribution in [0.4, 0.5) is 0 Å². The van der Waals surface area contributed by atoms with Crippen LogP contribution in [0.3, 0.4) is 0 Å². The summed E-state index contributed by atoms with van der Waals surface area (Å²) in [5.41, 5.74) is 0. The number of ether oxygens (including phenoxy) is 1. The average Bonchev–Trinajstić information content (AvgIpc) is 2.47. The van der Waals surface area contributed by atoms with Crippen LogP contribution in [-0.2, 0) is 14.3 Å². The van der Waals surface area contributed by atoms with Crippen LogP contribution < -0.4 is 10.6 Å². The molecule has 0 bridgehead atoms. The number of nitrogens with one attached hydrogen (secondary N) is 2. The van der Waals surface area contributed by atoms with Crippen molar-refractivity contribution in [2.24, 2.45) is 5.92 Å². The Bertz CT molecular complexity index is 354. The summed E-state index contributed by atoms with van der Waals surface area (Å²) < 4.78 is 5.53. The standard InChI is InChI=1S/C14H25N3O3/c1-10-13(16-5-8-20-10)14(19)17-6-3-11(4-7-17)9-12(18)15-2/h10-11,13,16H,3-9H2,1-2H3,(H,15,18)/t10-,13+/m1/s1. The van der Waals surface area contributed by atoms with Gasteiger partial charge in [-0.1, -0.05) is 0 Å². The molecule has 0 aromatic heterocycles. The van der Waals surface area contributed by atoms with E-state index in [2.05, 4.69) is 10.6 Å². The summed E-state index contributed by atoms with van der Waals surface area (Å²) in [5, 5.41) is 5.90. The molecule has 0 spiro atoms. The fraction of sp³-hybridized carbons (Fsp3) is 0.857. The van der Waals surface area contributed by atoms with E-state index in [0.717, 1.165) is 32.5 Å². The van der Waals surface area contributed by atoms with Crippen LogP contribution in [0.5, 0.6) is 0 Å². The highest BCUT2D eigenvalue weighted by Crippen LogP contribution is 2.21. The Morgan fingerprint density at radius 3 is 2.65 bits per heavy atom. The van der Waals surface area contributed by atoms with Gasteiger partial charge in [0.1, 0.15) is 6.04 Å². The predicted molar refractivity (Wildman–Crippen MR) is 75.2 cm³/mol. The Hall–Kier alpha value is -1.14. The van der Waals surface area contributed by atoms with Gasteiger partial charge in [-0.05, 0) is 25.7 Å². The summed E-state index contributed by atoms with van der Waals surface area (Å²) in [5.74, 6) is 0.619. The summed E-state index contributed by atoms with van der Waals surface area (Å²) in [7, 11) is 1.66. The number of carbonyl (C=O) groups excluding carboxylic acids is 2. The van der Waals surface area contributed by atoms with E-state index in [1.807, 2.05) is 11.8 Å². The zero-order valence-electron chi connectivity index (χ0n) is 12.4. The second-order valence-electron chi connectivity index (χ2n) is 5.65. The van der Waals surface area contributed by atoms with Crippen LogP contribution in [0, 0.1) is 5.92 Å². The predicted octanol–water partition coefficient (Wildman–Crippen LogP) is -0.262. The second-order valence-corrected chi connectivity index (χ2v) is 5.65. The molecule has 20 heavy (non-hydrogen) atoms. The number of likely N-dealkylation sites (tertiary alicyclic amines) is 1. The van der Waals surface area contributed by atoms with E-state index in [-0.39, 0.29) is 24.0 Å². The number of hydrogen-bond acceptors (Lipinski definition) is 4.